The second kappa shape index (κ2) is 4.40. The first-order valence-corrected chi connectivity index (χ1v) is 5.15. The molecule has 2 rings (SSSR count). The van der Waals surface area contributed by atoms with Gasteiger partial charge in [0.15, 0.2) is 0 Å². The van der Waals surface area contributed by atoms with Crippen LogP contribution >= 0.6 is 12.1 Å². The van der Waals surface area contributed by atoms with Gasteiger partial charge in [-0.25, -0.2) is 4.79 Å². The SMILES string of the molecule is COC(=O)C1=CC(c2ccon2)=NSN1C. The van der Waals surface area contributed by atoms with Crippen LogP contribution in [0, 0.1) is 0 Å². The summed E-state index contributed by atoms with van der Waals surface area (Å²) in [6.07, 6.45) is 3.06. The van der Waals surface area contributed by atoms with E-state index in [2.05, 4.69) is 14.3 Å². The number of esters is 1. The number of methoxy groups -OCH3 is 1. The molecule has 0 aromatic carbocycles. The van der Waals surface area contributed by atoms with E-state index in [1.165, 1.54) is 13.4 Å². The Hall–Kier alpha value is -1.76. The number of hydrogen-bond acceptors (Lipinski definition) is 7. The molecule has 1 aromatic heterocycles. The minimum Gasteiger partial charge on any atom is -0.464 e. The van der Waals surface area contributed by atoms with Crippen molar-refractivity contribution in [3.05, 3.63) is 29.8 Å². The van der Waals surface area contributed by atoms with Gasteiger partial charge >= 0.3 is 5.97 Å². The summed E-state index contributed by atoms with van der Waals surface area (Å²) in [7, 11) is 3.07. The Kier molecular flexibility index (Phi) is 2.95. The van der Waals surface area contributed by atoms with Gasteiger partial charge in [0, 0.05) is 13.1 Å². The lowest BCUT2D eigenvalue weighted by molar-refractivity contribution is -0.137. The molecule has 0 amide bonds. The van der Waals surface area contributed by atoms with Crippen LogP contribution in [0.2, 0.25) is 0 Å². The summed E-state index contributed by atoms with van der Waals surface area (Å²) in [5.41, 5.74) is 1.58. The minimum atomic E-state index is -0.411. The third-order valence-corrected chi connectivity index (χ3v) is 2.69. The fourth-order valence-corrected chi connectivity index (χ4v) is 1.73. The average Bonchev–Trinajstić information content (AvgIpc) is 2.82. The molecule has 0 unspecified atom stereocenters. The van der Waals surface area contributed by atoms with Crippen molar-refractivity contribution >= 4 is 23.8 Å². The van der Waals surface area contributed by atoms with Gasteiger partial charge < -0.3 is 9.26 Å². The van der Waals surface area contributed by atoms with Crippen molar-refractivity contribution in [1.29, 1.82) is 0 Å². The van der Waals surface area contributed by atoms with Crippen LogP contribution in [-0.4, -0.2) is 35.3 Å². The molecule has 0 saturated heterocycles. The molecule has 0 spiro atoms. The van der Waals surface area contributed by atoms with E-state index in [-0.39, 0.29) is 0 Å². The maximum atomic E-state index is 11.4. The summed E-state index contributed by atoms with van der Waals surface area (Å²) < 4.78 is 15.2. The molecule has 0 atom stereocenters. The highest BCUT2D eigenvalue weighted by molar-refractivity contribution is 7.96. The molecular formula is C9H9N3O3S. The second-order valence-corrected chi connectivity index (χ2v) is 3.86. The van der Waals surface area contributed by atoms with Crippen LogP contribution in [-0.2, 0) is 9.53 Å². The van der Waals surface area contributed by atoms with Gasteiger partial charge in [-0.1, -0.05) is 5.16 Å². The van der Waals surface area contributed by atoms with Gasteiger partial charge in [0.25, 0.3) is 0 Å². The molecule has 1 aliphatic rings. The topological polar surface area (TPSA) is 67.9 Å². The summed E-state index contributed by atoms with van der Waals surface area (Å²) in [6, 6.07) is 1.68. The third kappa shape index (κ3) is 1.94. The molecule has 16 heavy (non-hydrogen) atoms. The highest BCUT2D eigenvalue weighted by Crippen LogP contribution is 2.23. The van der Waals surface area contributed by atoms with Crippen LogP contribution in [0.1, 0.15) is 5.69 Å². The maximum Gasteiger partial charge on any atom is 0.355 e. The molecule has 0 bridgehead atoms. The van der Waals surface area contributed by atoms with E-state index in [0.29, 0.717) is 17.1 Å². The molecule has 0 saturated carbocycles. The normalized spacial score (nSPS) is 15.5. The van der Waals surface area contributed by atoms with E-state index in [0.717, 1.165) is 12.1 Å². The zero-order valence-corrected chi connectivity index (χ0v) is 9.52. The largest absolute Gasteiger partial charge is 0.464 e. The molecule has 0 fully saturated rings. The fraction of sp³-hybridized carbons (Fsp3) is 0.222. The Balaban J connectivity index is 2.31. The number of carbonyl (C=O) groups excluding carboxylic acids is 1. The Morgan fingerprint density at radius 2 is 2.44 bits per heavy atom. The lowest BCUT2D eigenvalue weighted by atomic mass is 10.2. The van der Waals surface area contributed by atoms with Crippen LogP contribution in [0.25, 0.3) is 0 Å². The number of aromatic nitrogens is 1. The fourth-order valence-electron chi connectivity index (χ4n) is 1.15. The van der Waals surface area contributed by atoms with E-state index in [1.54, 1.807) is 23.5 Å². The minimum absolute atomic E-state index is 0.411. The van der Waals surface area contributed by atoms with Gasteiger partial charge in [-0.05, 0) is 6.08 Å². The van der Waals surface area contributed by atoms with Crippen LogP contribution in [0.4, 0.5) is 0 Å². The summed E-state index contributed by atoms with van der Waals surface area (Å²) in [5, 5.41) is 3.75. The highest BCUT2D eigenvalue weighted by Gasteiger charge is 2.21. The first-order chi connectivity index (χ1) is 7.72. The van der Waals surface area contributed by atoms with Crippen molar-refractivity contribution < 1.29 is 14.1 Å². The number of allylic oxidation sites excluding steroid dienone is 1. The number of rotatable bonds is 2. The van der Waals surface area contributed by atoms with Crippen LogP contribution < -0.4 is 0 Å². The molecule has 7 heteroatoms. The monoisotopic (exact) mass is 239 g/mol. The standard InChI is InChI=1S/C9H9N3O3S/c1-12-8(9(13)14-2)5-7(11-16-12)6-3-4-15-10-6/h3-5H,1-2H3. The number of ether oxygens (including phenoxy) is 1. The highest BCUT2D eigenvalue weighted by atomic mass is 32.2. The smallest absolute Gasteiger partial charge is 0.355 e. The zero-order chi connectivity index (χ0) is 11.5. The summed E-state index contributed by atoms with van der Waals surface area (Å²) in [5.74, 6) is -0.411. The number of hydrogen-bond donors (Lipinski definition) is 0. The van der Waals surface area contributed by atoms with E-state index >= 15 is 0 Å². The average molecular weight is 239 g/mol. The van der Waals surface area contributed by atoms with Gasteiger partial charge in [0.2, 0.25) is 0 Å². The van der Waals surface area contributed by atoms with Crippen LogP contribution in [0.15, 0.2) is 33.0 Å². The predicted molar refractivity (Wildman–Crippen MR) is 58.5 cm³/mol. The number of carbonyl (C=O) groups is 1. The Morgan fingerprint density at radius 3 is 3.06 bits per heavy atom. The molecular weight excluding hydrogens is 230 g/mol. The van der Waals surface area contributed by atoms with Gasteiger partial charge in [0.1, 0.15) is 23.4 Å². The summed E-state index contributed by atoms with van der Waals surface area (Å²) >= 11 is 1.15. The van der Waals surface area contributed by atoms with Gasteiger partial charge in [0.05, 0.1) is 19.2 Å². The van der Waals surface area contributed by atoms with Crippen LogP contribution in [0.5, 0.6) is 0 Å². The Labute approximate surface area is 96.2 Å². The predicted octanol–water partition coefficient (Wildman–Crippen LogP) is 1.03. The number of nitrogens with zero attached hydrogens (tertiary/aromatic N) is 3. The van der Waals surface area contributed by atoms with Gasteiger partial charge in [-0.2, -0.15) is 4.40 Å². The molecule has 1 aromatic rings. The van der Waals surface area contributed by atoms with Gasteiger partial charge in [-0.15, -0.1) is 0 Å². The van der Waals surface area contributed by atoms with Crippen molar-refractivity contribution in [3.8, 4) is 0 Å². The zero-order valence-electron chi connectivity index (χ0n) is 8.71. The Bertz CT molecular complexity index is 453. The molecule has 1 aliphatic heterocycles. The van der Waals surface area contributed by atoms with Gasteiger partial charge in [-0.3, -0.25) is 4.31 Å². The summed E-state index contributed by atoms with van der Waals surface area (Å²) in [6.45, 7) is 0. The van der Waals surface area contributed by atoms with Crippen molar-refractivity contribution in [3.63, 3.8) is 0 Å². The van der Waals surface area contributed by atoms with Crippen molar-refractivity contribution in [2.75, 3.05) is 14.2 Å². The molecule has 0 N–H and O–H groups in total. The van der Waals surface area contributed by atoms with Crippen molar-refractivity contribution in [2.24, 2.45) is 4.40 Å². The molecule has 6 nitrogen and oxygen atoms in total. The third-order valence-electron chi connectivity index (χ3n) is 1.97. The maximum absolute atomic E-state index is 11.4. The van der Waals surface area contributed by atoms with E-state index < -0.39 is 5.97 Å². The summed E-state index contributed by atoms with van der Waals surface area (Å²) in [4.78, 5) is 11.4. The molecule has 84 valence electrons. The van der Waals surface area contributed by atoms with Crippen LogP contribution in [0.3, 0.4) is 0 Å². The number of likely N-dealkylation sites (N-methyl/N-ethyl adjacent to an activating group) is 1. The lowest BCUT2D eigenvalue weighted by Crippen LogP contribution is -2.22. The van der Waals surface area contributed by atoms with Crippen molar-refractivity contribution in [1.82, 2.24) is 9.46 Å². The Morgan fingerprint density at radius 1 is 1.62 bits per heavy atom. The molecule has 2 heterocycles. The molecule has 0 radical (unpaired) electrons. The first kappa shape index (κ1) is 10.7. The quantitative estimate of drug-likeness (QED) is 0.567. The van der Waals surface area contributed by atoms with E-state index in [4.69, 9.17) is 4.52 Å². The van der Waals surface area contributed by atoms with Crippen molar-refractivity contribution in [2.45, 2.75) is 0 Å². The first-order valence-electron chi connectivity index (χ1n) is 4.42. The lowest BCUT2D eigenvalue weighted by Gasteiger charge is -2.20. The van der Waals surface area contributed by atoms with E-state index in [1.807, 2.05) is 0 Å². The second-order valence-electron chi connectivity index (χ2n) is 2.96. The van der Waals surface area contributed by atoms with E-state index in [9.17, 15) is 4.79 Å². The molecule has 0 aliphatic carbocycles.